The molecule has 76 valence electrons. The van der Waals surface area contributed by atoms with Crippen LogP contribution in [0.2, 0.25) is 5.02 Å². The second-order valence-corrected chi connectivity index (χ2v) is 3.46. The van der Waals surface area contributed by atoms with Gasteiger partial charge in [-0.05, 0) is 35.3 Å². The molecular formula is C10H7ClN2O2. The number of hydrogen-bond donors (Lipinski definition) is 1. The minimum absolute atomic E-state index is 0.0139. The predicted octanol–water partition coefficient (Wildman–Crippen LogP) is 3.24. The number of rotatable bonds is 2. The molecule has 2 aromatic rings. The summed E-state index contributed by atoms with van der Waals surface area (Å²) in [6, 6.07) is 10.2. The number of H-pyrrole nitrogens is 1. The zero-order chi connectivity index (χ0) is 10.8. The van der Waals surface area contributed by atoms with E-state index in [1.54, 1.807) is 30.3 Å². The second-order valence-electron chi connectivity index (χ2n) is 3.02. The topological polar surface area (TPSA) is 58.9 Å². The number of nitrogens with one attached hydrogen (secondary N) is 1. The molecule has 0 bridgehead atoms. The number of nitrogens with zero attached hydrogens (tertiary/aromatic N) is 1. The summed E-state index contributed by atoms with van der Waals surface area (Å²) < 4.78 is 0. The van der Waals surface area contributed by atoms with Gasteiger partial charge < -0.3 is 10.1 Å². The minimum Gasteiger partial charge on any atom is -0.358 e. The normalized spacial score (nSPS) is 10.2. The maximum atomic E-state index is 10.5. The highest BCUT2D eigenvalue weighted by Gasteiger charge is 2.09. The van der Waals surface area contributed by atoms with Crippen LogP contribution in [0.4, 0.5) is 5.82 Å². The van der Waals surface area contributed by atoms with Gasteiger partial charge in [-0.1, -0.05) is 11.6 Å². The van der Waals surface area contributed by atoms with Crippen LogP contribution >= 0.6 is 11.6 Å². The Morgan fingerprint density at radius 2 is 1.80 bits per heavy atom. The molecule has 4 nitrogen and oxygen atoms in total. The van der Waals surface area contributed by atoms with Crippen LogP contribution in [0, 0.1) is 10.1 Å². The van der Waals surface area contributed by atoms with Crippen molar-refractivity contribution in [1.82, 2.24) is 4.98 Å². The summed E-state index contributed by atoms with van der Waals surface area (Å²) in [5.74, 6) is -0.0139. The molecule has 1 aromatic heterocycles. The summed E-state index contributed by atoms with van der Waals surface area (Å²) in [6.45, 7) is 0. The van der Waals surface area contributed by atoms with Crippen molar-refractivity contribution in [2.75, 3.05) is 0 Å². The van der Waals surface area contributed by atoms with Gasteiger partial charge >= 0.3 is 5.82 Å². The molecule has 0 fully saturated rings. The quantitative estimate of drug-likeness (QED) is 0.626. The number of aromatic nitrogens is 1. The van der Waals surface area contributed by atoms with E-state index < -0.39 is 4.92 Å². The van der Waals surface area contributed by atoms with Crippen LogP contribution in [-0.2, 0) is 0 Å². The molecule has 0 atom stereocenters. The molecule has 1 N–H and O–H groups in total. The molecular weight excluding hydrogens is 216 g/mol. The number of benzene rings is 1. The molecule has 0 aliphatic carbocycles. The van der Waals surface area contributed by atoms with Crippen LogP contribution in [0.25, 0.3) is 11.3 Å². The first kappa shape index (κ1) is 9.73. The van der Waals surface area contributed by atoms with Crippen molar-refractivity contribution >= 4 is 17.4 Å². The van der Waals surface area contributed by atoms with E-state index in [9.17, 15) is 10.1 Å². The largest absolute Gasteiger partial charge is 0.358 e. The Balaban J connectivity index is 2.37. The van der Waals surface area contributed by atoms with Gasteiger partial charge in [-0.15, -0.1) is 0 Å². The smallest absolute Gasteiger partial charge is 0.321 e. The van der Waals surface area contributed by atoms with E-state index in [1.807, 2.05) is 0 Å². The molecule has 1 aromatic carbocycles. The molecule has 0 aliphatic rings. The maximum absolute atomic E-state index is 10.5. The predicted molar refractivity (Wildman–Crippen MR) is 57.9 cm³/mol. The fourth-order valence-corrected chi connectivity index (χ4v) is 1.41. The van der Waals surface area contributed by atoms with E-state index in [1.165, 1.54) is 6.07 Å². The average molecular weight is 223 g/mol. The van der Waals surface area contributed by atoms with E-state index in [0.717, 1.165) is 5.56 Å². The van der Waals surface area contributed by atoms with Gasteiger partial charge in [0.15, 0.2) is 0 Å². The number of nitro groups is 1. The van der Waals surface area contributed by atoms with Gasteiger partial charge in [-0.25, -0.2) is 4.98 Å². The second kappa shape index (κ2) is 3.74. The fourth-order valence-electron chi connectivity index (χ4n) is 1.29. The Morgan fingerprint density at radius 1 is 1.13 bits per heavy atom. The monoisotopic (exact) mass is 222 g/mol. The zero-order valence-electron chi connectivity index (χ0n) is 7.61. The third-order valence-corrected chi connectivity index (χ3v) is 2.27. The lowest BCUT2D eigenvalue weighted by Crippen LogP contribution is -1.87. The van der Waals surface area contributed by atoms with Crippen LogP contribution in [0.5, 0.6) is 0 Å². The van der Waals surface area contributed by atoms with Crippen molar-refractivity contribution in [2.24, 2.45) is 0 Å². The zero-order valence-corrected chi connectivity index (χ0v) is 8.36. The van der Waals surface area contributed by atoms with Gasteiger partial charge in [-0.2, -0.15) is 0 Å². The van der Waals surface area contributed by atoms with Gasteiger partial charge in [0, 0.05) is 16.7 Å². The Labute approximate surface area is 90.7 Å². The van der Waals surface area contributed by atoms with Gasteiger partial charge in [0.05, 0.1) is 0 Å². The van der Waals surface area contributed by atoms with Crippen molar-refractivity contribution in [3.05, 3.63) is 51.5 Å². The first-order valence-corrected chi connectivity index (χ1v) is 4.64. The Hall–Kier alpha value is -1.81. The van der Waals surface area contributed by atoms with E-state index >= 15 is 0 Å². The number of halogens is 1. The summed E-state index contributed by atoms with van der Waals surface area (Å²) in [5.41, 5.74) is 1.57. The molecule has 0 radical (unpaired) electrons. The van der Waals surface area contributed by atoms with Gasteiger partial charge in [-0.3, -0.25) is 0 Å². The summed E-state index contributed by atoms with van der Waals surface area (Å²) >= 11 is 5.74. The lowest BCUT2D eigenvalue weighted by Gasteiger charge is -1.94. The van der Waals surface area contributed by atoms with Crippen molar-refractivity contribution < 1.29 is 4.92 Å². The summed E-state index contributed by atoms with van der Waals surface area (Å²) in [5, 5.41) is 11.1. The third kappa shape index (κ3) is 1.99. The highest BCUT2D eigenvalue weighted by molar-refractivity contribution is 6.30. The third-order valence-electron chi connectivity index (χ3n) is 2.02. The molecule has 2 rings (SSSR count). The molecule has 0 unspecified atom stereocenters. The first-order chi connectivity index (χ1) is 7.16. The molecule has 1 heterocycles. The van der Waals surface area contributed by atoms with Gasteiger partial charge in [0.25, 0.3) is 0 Å². The van der Waals surface area contributed by atoms with Crippen molar-refractivity contribution in [3.63, 3.8) is 0 Å². The van der Waals surface area contributed by atoms with Crippen LogP contribution in [-0.4, -0.2) is 9.91 Å². The average Bonchev–Trinajstić information content (AvgIpc) is 2.68. The molecule has 0 amide bonds. The van der Waals surface area contributed by atoms with Crippen molar-refractivity contribution in [1.29, 1.82) is 0 Å². The van der Waals surface area contributed by atoms with Crippen molar-refractivity contribution in [2.45, 2.75) is 0 Å². The highest BCUT2D eigenvalue weighted by atomic mass is 35.5. The molecule has 0 aliphatic heterocycles. The van der Waals surface area contributed by atoms with Crippen molar-refractivity contribution in [3.8, 4) is 11.3 Å². The standard InChI is InChI=1S/C10H7ClN2O2/c11-8-3-1-7(2-4-8)9-5-6-10(12-9)13(14)15/h1-6,12H. The van der Waals surface area contributed by atoms with E-state index in [-0.39, 0.29) is 5.82 Å². The lowest BCUT2D eigenvalue weighted by molar-refractivity contribution is -0.389. The number of hydrogen-bond acceptors (Lipinski definition) is 2. The molecule has 0 saturated heterocycles. The summed E-state index contributed by atoms with van der Waals surface area (Å²) in [7, 11) is 0. The minimum atomic E-state index is -0.459. The molecule has 5 heteroatoms. The van der Waals surface area contributed by atoms with Crippen LogP contribution < -0.4 is 0 Å². The van der Waals surface area contributed by atoms with Crippen LogP contribution in [0.3, 0.4) is 0 Å². The molecule has 0 saturated carbocycles. The van der Waals surface area contributed by atoms with E-state index in [0.29, 0.717) is 10.7 Å². The van der Waals surface area contributed by atoms with E-state index in [2.05, 4.69) is 4.98 Å². The van der Waals surface area contributed by atoms with Gasteiger partial charge in [0.2, 0.25) is 0 Å². The number of aromatic amines is 1. The Bertz CT molecular complexity index is 490. The van der Waals surface area contributed by atoms with Gasteiger partial charge in [0.1, 0.15) is 5.69 Å². The van der Waals surface area contributed by atoms with Crippen LogP contribution in [0.1, 0.15) is 0 Å². The van der Waals surface area contributed by atoms with E-state index in [4.69, 9.17) is 11.6 Å². The summed E-state index contributed by atoms with van der Waals surface area (Å²) in [6.07, 6.45) is 0. The lowest BCUT2D eigenvalue weighted by atomic mass is 10.2. The highest BCUT2D eigenvalue weighted by Crippen LogP contribution is 2.22. The Kier molecular flexibility index (Phi) is 2.43. The van der Waals surface area contributed by atoms with Crippen LogP contribution in [0.15, 0.2) is 36.4 Å². The SMILES string of the molecule is O=[N+]([O-])c1ccc(-c2ccc(Cl)cc2)[nH]1. The maximum Gasteiger partial charge on any atom is 0.321 e. The fraction of sp³-hybridized carbons (Fsp3) is 0. The first-order valence-electron chi connectivity index (χ1n) is 4.26. The molecule has 15 heavy (non-hydrogen) atoms. The summed E-state index contributed by atoms with van der Waals surface area (Å²) in [4.78, 5) is 12.7. The molecule has 0 spiro atoms. The Morgan fingerprint density at radius 3 is 2.33 bits per heavy atom.